The van der Waals surface area contributed by atoms with Gasteiger partial charge in [-0.2, -0.15) is 0 Å². The van der Waals surface area contributed by atoms with E-state index in [1.54, 1.807) is 3.58 Å². The molecule has 4 unspecified atom stereocenters. The average molecular weight is 399 g/mol. The van der Waals surface area contributed by atoms with Crippen LogP contribution in [0, 0.1) is 28.6 Å². The van der Waals surface area contributed by atoms with E-state index in [0.29, 0.717) is 16.9 Å². The van der Waals surface area contributed by atoms with Gasteiger partial charge in [-0.3, -0.25) is 4.79 Å². The van der Waals surface area contributed by atoms with Crippen molar-refractivity contribution in [3.63, 3.8) is 0 Å². The number of carbonyl (C=O) groups is 1. The molecule has 0 aromatic carbocycles. The van der Waals surface area contributed by atoms with Crippen molar-refractivity contribution < 1.29 is 4.79 Å². The Morgan fingerprint density at radius 3 is 2.81 bits per heavy atom. The van der Waals surface area contributed by atoms with Crippen LogP contribution in [-0.4, -0.2) is 11.9 Å². The van der Waals surface area contributed by atoms with Crippen LogP contribution in [0.2, 0.25) is 0 Å². The summed E-state index contributed by atoms with van der Waals surface area (Å²) in [6, 6.07) is 0.442. The molecule has 21 heavy (non-hydrogen) atoms. The first-order valence-electron chi connectivity index (χ1n) is 8.61. The normalized spacial score (nSPS) is 52.3. The zero-order valence-electron chi connectivity index (χ0n) is 13.1. The lowest BCUT2D eigenvalue weighted by Gasteiger charge is -2.59. The maximum absolute atomic E-state index is 11.8. The van der Waals surface area contributed by atoms with Gasteiger partial charge < -0.3 is 5.32 Å². The van der Waals surface area contributed by atoms with Crippen LogP contribution in [-0.2, 0) is 4.79 Å². The summed E-state index contributed by atoms with van der Waals surface area (Å²) in [6.07, 6.45) is 10.9. The summed E-state index contributed by atoms with van der Waals surface area (Å²) in [5.41, 5.74) is 0.815. The molecular weight excluding hydrogens is 373 g/mol. The van der Waals surface area contributed by atoms with Crippen LogP contribution in [0.5, 0.6) is 0 Å². The van der Waals surface area contributed by atoms with Crippen molar-refractivity contribution in [2.45, 2.75) is 64.8 Å². The fourth-order valence-corrected chi connectivity index (χ4v) is 7.14. The molecule has 3 fully saturated rings. The van der Waals surface area contributed by atoms with E-state index in [1.165, 1.54) is 32.1 Å². The van der Waals surface area contributed by atoms with Gasteiger partial charge in [0.1, 0.15) is 0 Å². The van der Waals surface area contributed by atoms with E-state index in [2.05, 4.69) is 47.8 Å². The highest BCUT2D eigenvalue weighted by atomic mass is 127. The lowest BCUT2D eigenvalue weighted by Crippen LogP contribution is -2.60. The summed E-state index contributed by atoms with van der Waals surface area (Å²) in [5, 5.41) is 3.32. The molecule has 3 aliphatic carbocycles. The van der Waals surface area contributed by atoms with Crippen molar-refractivity contribution in [2.24, 2.45) is 28.6 Å². The lowest BCUT2D eigenvalue weighted by molar-refractivity contribution is -0.134. The predicted octanol–water partition coefficient (Wildman–Crippen LogP) is 4.44. The molecule has 0 radical (unpaired) electrons. The van der Waals surface area contributed by atoms with Gasteiger partial charge in [-0.1, -0.05) is 19.9 Å². The van der Waals surface area contributed by atoms with Crippen molar-refractivity contribution >= 4 is 28.5 Å². The number of carbonyl (C=O) groups excluding carboxylic acids is 1. The van der Waals surface area contributed by atoms with Crippen molar-refractivity contribution in [1.29, 1.82) is 0 Å². The largest absolute Gasteiger partial charge is 0.353 e. The number of hydrogen-bond donors (Lipinski definition) is 1. The van der Waals surface area contributed by atoms with Crippen molar-refractivity contribution in [2.75, 3.05) is 0 Å². The topological polar surface area (TPSA) is 29.1 Å². The summed E-state index contributed by atoms with van der Waals surface area (Å²) in [4.78, 5) is 11.8. The minimum absolute atomic E-state index is 0.286. The molecular formula is C18H26INO. The fraction of sp³-hybridized carbons (Fsp3) is 0.833. The standard InChI is InChI=1S/C18H26INO/c1-17-9-7-13-11(12(17)4-5-14(17)19)3-6-15-18(13,2)10-8-16(21)20-15/h5,11-13,15H,3-4,6-10H2,1-2H3,(H,20,21)/t11?,12?,13?,15?,17-,18+/m0/s1. The quantitative estimate of drug-likeness (QED) is 0.600. The van der Waals surface area contributed by atoms with E-state index in [9.17, 15) is 4.79 Å². The van der Waals surface area contributed by atoms with Gasteiger partial charge in [0.2, 0.25) is 5.91 Å². The maximum Gasteiger partial charge on any atom is 0.220 e. The van der Waals surface area contributed by atoms with Gasteiger partial charge in [-0.15, -0.1) is 0 Å². The monoisotopic (exact) mass is 399 g/mol. The number of allylic oxidation sites excluding steroid dienone is 2. The van der Waals surface area contributed by atoms with E-state index in [4.69, 9.17) is 0 Å². The Morgan fingerprint density at radius 1 is 1.19 bits per heavy atom. The Kier molecular flexibility index (Phi) is 3.26. The Balaban J connectivity index is 1.64. The maximum atomic E-state index is 11.8. The molecule has 1 heterocycles. The summed E-state index contributed by atoms with van der Waals surface area (Å²) in [5.74, 6) is 2.85. The zero-order chi connectivity index (χ0) is 14.8. The molecule has 4 aliphatic rings. The van der Waals surface area contributed by atoms with E-state index in [0.717, 1.165) is 30.6 Å². The van der Waals surface area contributed by atoms with Gasteiger partial charge >= 0.3 is 0 Å². The number of hydrogen-bond acceptors (Lipinski definition) is 1. The highest BCUT2D eigenvalue weighted by Crippen LogP contribution is 2.64. The third-order valence-corrected chi connectivity index (χ3v) is 9.25. The van der Waals surface area contributed by atoms with Gasteiger partial charge in [0, 0.05) is 17.9 Å². The number of piperidine rings is 1. The Bertz CT molecular complexity index is 515. The van der Waals surface area contributed by atoms with Gasteiger partial charge in [0.25, 0.3) is 0 Å². The molecule has 0 aromatic rings. The smallest absolute Gasteiger partial charge is 0.220 e. The molecule has 3 heteroatoms. The molecule has 0 bridgehead atoms. The summed E-state index contributed by atoms with van der Waals surface area (Å²) >= 11 is 2.59. The predicted molar refractivity (Wildman–Crippen MR) is 93.0 cm³/mol. The summed E-state index contributed by atoms with van der Waals surface area (Å²) in [6.45, 7) is 4.99. The van der Waals surface area contributed by atoms with Gasteiger partial charge in [0.05, 0.1) is 0 Å². The number of halogens is 1. The molecule has 1 aliphatic heterocycles. The molecule has 0 aromatic heterocycles. The van der Waals surface area contributed by atoms with E-state index >= 15 is 0 Å². The lowest BCUT2D eigenvalue weighted by atomic mass is 9.48. The Labute approximate surface area is 141 Å². The van der Waals surface area contributed by atoms with Crippen LogP contribution in [0.25, 0.3) is 0 Å². The van der Waals surface area contributed by atoms with Crippen molar-refractivity contribution in [3.05, 3.63) is 9.66 Å². The summed E-state index contributed by atoms with van der Waals surface area (Å²) in [7, 11) is 0. The van der Waals surface area contributed by atoms with Gasteiger partial charge in [-0.25, -0.2) is 0 Å². The number of nitrogens with one attached hydrogen (secondary N) is 1. The Morgan fingerprint density at radius 2 is 2.00 bits per heavy atom. The second kappa shape index (κ2) is 4.72. The molecule has 1 saturated heterocycles. The molecule has 2 saturated carbocycles. The second-order valence-corrected chi connectivity index (χ2v) is 9.49. The molecule has 1 N–H and O–H groups in total. The fourth-order valence-electron chi connectivity index (χ4n) is 6.22. The highest BCUT2D eigenvalue weighted by molar-refractivity contribution is 14.1. The van der Waals surface area contributed by atoms with E-state index in [1.807, 2.05) is 0 Å². The minimum Gasteiger partial charge on any atom is -0.353 e. The third kappa shape index (κ3) is 1.91. The first kappa shape index (κ1) is 14.5. The van der Waals surface area contributed by atoms with Crippen LogP contribution in [0.15, 0.2) is 9.66 Å². The van der Waals surface area contributed by atoms with Crippen LogP contribution in [0.3, 0.4) is 0 Å². The average Bonchev–Trinajstić information content (AvgIpc) is 2.76. The number of rotatable bonds is 0. The number of amides is 1. The SMILES string of the molecule is C[C@]12CCC(=O)NC1CCC1C2CC[C@]2(C)C(I)=CCC12. The van der Waals surface area contributed by atoms with Crippen LogP contribution in [0.1, 0.15) is 58.8 Å². The molecule has 1 amide bonds. The molecule has 6 atom stereocenters. The first-order valence-corrected chi connectivity index (χ1v) is 9.68. The van der Waals surface area contributed by atoms with Crippen LogP contribution in [0.4, 0.5) is 0 Å². The highest BCUT2D eigenvalue weighted by Gasteiger charge is 2.58. The first-order chi connectivity index (χ1) is 9.95. The van der Waals surface area contributed by atoms with Crippen LogP contribution < -0.4 is 5.32 Å². The third-order valence-electron chi connectivity index (χ3n) is 7.58. The molecule has 4 rings (SSSR count). The van der Waals surface area contributed by atoms with Crippen molar-refractivity contribution in [1.82, 2.24) is 5.32 Å². The molecule has 0 spiro atoms. The van der Waals surface area contributed by atoms with Gasteiger partial charge in [0.15, 0.2) is 0 Å². The number of fused-ring (bicyclic) bond motifs is 5. The van der Waals surface area contributed by atoms with E-state index in [-0.39, 0.29) is 5.91 Å². The zero-order valence-corrected chi connectivity index (χ0v) is 15.3. The molecule has 2 nitrogen and oxygen atoms in total. The second-order valence-electron chi connectivity index (χ2n) is 8.32. The Hall–Kier alpha value is -0.0600. The van der Waals surface area contributed by atoms with Crippen molar-refractivity contribution in [3.8, 4) is 0 Å². The summed E-state index contributed by atoms with van der Waals surface area (Å²) < 4.78 is 1.62. The molecule has 116 valence electrons. The minimum atomic E-state index is 0.286. The van der Waals surface area contributed by atoms with Gasteiger partial charge in [-0.05, 0) is 87.9 Å². The van der Waals surface area contributed by atoms with E-state index < -0.39 is 0 Å². The van der Waals surface area contributed by atoms with Crippen LogP contribution >= 0.6 is 22.6 Å².